The second-order valence-corrected chi connectivity index (χ2v) is 7.34. The summed E-state index contributed by atoms with van der Waals surface area (Å²) in [4.78, 5) is 58.7. The largest absolute Gasteiger partial charge is 2.00 e. The zero-order chi connectivity index (χ0) is 31.5. The van der Waals surface area contributed by atoms with Gasteiger partial charge in [0.1, 0.15) is 5.75 Å². The second-order valence-electron chi connectivity index (χ2n) is 6.98. The van der Waals surface area contributed by atoms with Gasteiger partial charge in [0.05, 0.1) is 39.5 Å². The molecule has 43 heavy (non-hydrogen) atoms. The Morgan fingerprint density at radius 3 is 1.33 bits per heavy atom. The van der Waals surface area contributed by atoms with E-state index in [9.17, 15) is 19.2 Å². The Balaban J connectivity index is 0.000000680. The number of nitriles is 1. The Morgan fingerprint density at radius 2 is 1.05 bits per heavy atom. The summed E-state index contributed by atoms with van der Waals surface area (Å²) in [5.41, 5.74) is 1.72. The number of pyridine rings is 4. The van der Waals surface area contributed by atoms with Gasteiger partial charge < -0.3 is 38.1 Å². The summed E-state index contributed by atoms with van der Waals surface area (Å²) in [6.45, 7) is 0.306. The van der Waals surface area contributed by atoms with Crippen LogP contribution in [0.25, 0.3) is 28.2 Å². The van der Waals surface area contributed by atoms with Gasteiger partial charge in [0.25, 0.3) is 6.47 Å². The van der Waals surface area contributed by atoms with Gasteiger partial charge in [-0.3, -0.25) is 24.7 Å². The number of hydrogen-bond acceptors (Lipinski definition) is 12. The van der Waals surface area contributed by atoms with E-state index in [0.717, 1.165) is 0 Å². The zero-order valence-corrected chi connectivity index (χ0v) is 24.6. The molecule has 0 spiro atoms. The first-order valence-electron chi connectivity index (χ1n) is 10.8. The molecule has 0 aromatic carbocycles. The minimum atomic E-state index is -1.08. The topological polar surface area (TPSA) is 236 Å². The van der Waals surface area contributed by atoms with E-state index in [4.69, 9.17) is 26.0 Å². The van der Waals surface area contributed by atoms with Gasteiger partial charge in [-0.15, -0.1) is 0 Å². The molecule has 0 fully saturated rings. The van der Waals surface area contributed by atoms with Crippen molar-refractivity contribution in [2.45, 2.75) is 0 Å². The Morgan fingerprint density at radius 1 is 0.767 bits per heavy atom. The summed E-state index contributed by atoms with van der Waals surface area (Å²) in [5.74, 6) is -2.88. The minimum Gasteiger partial charge on any atom is -0.753 e. The van der Waals surface area contributed by atoms with Crippen molar-refractivity contribution in [1.29, 1.82) is 5.26 Å². The maximum Gasteiger partial charge on any atom is 2.00 e. The number of thiocyanates is 1. The number of hydrogen-bond donors (Lipinski definition) is 3. The van der Waals surface area contributed by atoms with E-state index in [1.54, 1.807) is 0 Å². The van der Waals surface area contributed by atoms with E-state index in [2.05, 4.69) is 49.5 Å². The van der Waals surface area contributed by atoms with E-state index in [1.165, 1.54) is 83.9 Å². The molecule has 0 aliphatic heterocycles. The first-order valence-corrected chi connectivity index (χ1v) is 11.6. The molecule has 14 nitrogen and oxygen atoms in total. The van der Waals surface area contributed by atoms with Crippen molar-refractivity contribution in [3.8, 4) is 33.9 Å². The van der Waals surface area contributed by atoms with E-state index in [0.29, 0.717) is 35.0 Å². The molecule has 0 aliphatic carbocycles. The fourth-order valence-corrected chi connectivity index (χ4v) is 2.79. The molecule has 0 amide bonds. The fourth-order valence-electron chi connectivity index (χ4n) is 2.79. The molecule has 4 aromatic rings. The third kappa shape index (κ3) is 13.2. The van der Waals surface area contributed by atoms with Crippen molar-refractivity contribution >= 4 is 54.4 Å². The van der Waals surface area contributed by atoms with Crippen LogP contribution in [0, 0.1) is 10.7 Å². The van der Waals surface area contributed by atoms with E-state index in [1.807, 2.05) is 0 Å². The van der Waals surface area contributed by atoms with Crippen molar-refractivity contribution in [3.05, 3.63) is 95.4 Å². The standard InChI is InChI=1S/2C12H8N2O4.CHNS.CNS.Ru/c15-7-18-9-2-4-14-11(6-9)10-5-8(12(16)17)1-3-13-10;15-11(16)7-1-3-13-9(5-7)10-6-8(12(17)18)2-4-14-10;2*2-1-3;/h1-7H,(H,16,17);1-6H,(H,15,16)(H,17,18);3H;;/q;;;-1;+2/p-1. The van der Waals surface area contributed by atoms with Crippen LogP contribution in [0.15, 0.2) is 73.3 Å². The number of aromatic nitrogens is 4. The average Bonchev–Trinajstić information content (AvgIpc) is 2.99. The van der Waals surface area contributed by atoms with Gasteiger partial charge in [-0.1, -0.05) is 17.6 Å². The Labute approximate surface area is 266 Å². The number of isothiocyanates is 1. The van der Waals surface area contributed by atoms with Crippen LogP contribution in [0.2, 0.25) is 0 Å². The molecular formula is C26H16N6O8RuS2. The van der Waals surface area contributed by atoms with Crippen LogP contribution in [0.5, 0.6) is 5.75 Å². The van der Waals surface area contributed by atoms with Crippen LogP contribution in [0.1, 0.15) is 31.1 Å². The number of nitrogens with zero attached hydrogens (tertiary/aromatic N) is 6. The molecule has 0 radical (unpaired) electrons. The van der Waals surface area contributed by atoms with Gasteiger partial charge in [-0.2, -0.15) is 5.16 Å². The molecule has 4 rings (SSSR count). The van der Waals surface area contributed by atoms with Crippen molar-refractivity contribution in [2.75, 3.05) is 0 Å². The van der Waals surface area contributed by atoms with Crippen LogP contribution >= 0.6 is 12.2 Å². The SMILES string of the molecule is N#C[S-].O=C(O)c1ccnc(-c2cc(C(=O)O)ccn2)c1.O=COc1ccnc(-c2cc(C(=O)O)ccn2)c1.[N-]=C=S.[Ru+2]. The van der Waals surface area contributed by atoms with Crippen molar-refractivity contribution < 1.29 is 58.7 Å². The minimum absolute atomic E-state index is 0. The van der Waals surface area contributed by atoms with Crippen LogP contribution in [-0.2, 0) is 36.9 Å². The van der Waals surface area contributed by atoms with Gasteiger partial charge in [-0.25, -0.2) is 19.6 Å². The van der Waals surface area contributed by atoms with Gasteiger partial charge in [0.15, 0.2) is 0 Å². The quantitative estimate of drug-likeness (QED) is 0.0622. The maximum absolute atomic E-state index is 10.8. The number of carbonyl (C=O) groups is 4. The summed E-state index contributed by atoms with van der Waals surface area (Å²) < 4.78 is 4.68. The summed E-state index contributed by atoms with van der Waals surface area (Å²) in [6.07, 6.45) is 5.51. The number of carboxylic acids is 3. The smallest absolute Gasteiger partial charge is 0.753 e. The van der Waals surface area contributed by atoms with Crippen molar-refractivity contribution in [1.82, 2.24) is 19.9 Å². The molecule has 4 aromatic heterocycles. The predicted molar refractivity (Wildman–Crippen MR) is 151 cm³/mol. The number of rotatable bonds is 7. The maximum atomic E-state index is 10.8. The van der Waals surface area contributed by atoms with Crippen molar-refractivity contribution in [3.63, 3.8) is 0 Å². The molecule has 218 valence electrons. The third-order valence-electron chi connectivity index (χ3n) is 4.46. The van der Waals surface area contributed by atoms with Crippen LogP contribution in [0.3, 0.4) is 0 Å². The van der Waals surface area contributed by atoms with Crippen LogP contribution in [-0.4, -0.2) is 64.8 Å². The molecule has 17 heteroatoms. The summed E-state index contributed by atoms with van der Waals surface area (Å²) in [7, 11) is 0. The molecule has 0 unspecified atom stereocenters. The number of aromatic carboxylic acids is 3. The molecule has 0 bridgehead atoms. The van der Waals surface area contributed by atoms with Gasteiger partial charge in [-0.05, 0) is 42.5 Å². The summed E-state index contributed by atoms with van der Waals surface area (Å²) >= 11 is 7.40. The first kappa shape index (κ1) is 37.6. The van der Waals surface area contributed by atoms with E-state index in [-0.39, 0.29) is 36.2 Å². The number of carbonyl (C=O) groups excluding carboxylic acids is 1. The second kappa shape index (κ2) is 20.5. The monoisotopic (exact) mass is 706 g/mol. The molecule has 0 aliphatic rings. The fraction of sp³-hybridized carbons (Fsp3) is 0. The molecule has 0 atom stereocenters. The Hall–Kier alpha value is -5.39. The first-order chi connectivity index (χ1) is 20.1. The molecule has 4 heterocycles. The predicted octanol–water partition coefficient (Wildman–Crippen LogP) is 3.59. The van der Waals surface area contributed by atoms with Crippen molar-refractivity contribution in [2.24, 2.45) is 0 Å². The summed E-state index contributed by atoms with van der Waals surface area (Å²) in [5, 5.41) is 43.5. The molecule has 0 saturated carbocycles. The van der Waals surface area contributed by atoms with Gasteiger partial charge in [0.2, 0.25) is 0 Å². The molecular weight excluding hydrogens is 690 g/mol. The van der Waals surface area contributed by atoms with Gasteiger partial charge >= 0.3 is 37.4 Å². The summed E-state index contributed by atoms with van der Waals surface area (Å²) in [6, 6.07) is 11.2. The zero-order valence-electron chi connectivity index (χ0n) is 21.2. The van der Waals surface area contributed by atoms with Gasteiger partial charge in [0, 0.05) is 30.9 Å². The average molecular weight is 706 g/mol. The molecule has 0 saturated heterocycles. The number of carboxylic acid groups (broad SMARTS) is 3. The number of thiocarbonyl (C=S) groups is 1. The molecule has 3 N–H and O–H groups in total. The Kier molecular flexibility index (Phi) is 17.9. The third-order valence-corrected chi connectivity index (χ3v) is 4.46. The van der Waals surface area contributed by atoms with E-state index >= 15 is 0 Å². The Bertz CT molecular complexity index is 1590. The normalized spacial score (nSPS) is 8.63. The van der Waals surface area contributed by atoms with Crippen LogP contribution < -0.4 is 4.74 Å². The van der Waals surface area contributed by atoms with Crippen LogP contribution in [0.4, 0.5) is 0 Å². The number of ether oxygens (including phenoxy) is 1. The van der Waals surface area contributed by atoms with E-state index < -0.39 is 17.9 Å².